The minimum absolute atomic E-state index is 0.0590. The molecule has 1 N–H and O–H groups in total. The lowest BCUT2D eigenvalue weighted by Crippen LogP contribution is -2.51. The van der Waals surface area contributed by atoms with Gasteiger partial charge in [0.25, 0.3) is 0 Å². The number of hydrogen-bond acceptors (Lipinski definition) is 2. The van der Waals surface area contributed by atoms with Gasteiger partial charge in [0.05, 0.1) is 0 Å². The van der Waals surface area contributed by atoms with Gasteiger partial charge in [0.2, 0.25) is 11.8 Å². The standard InChI is InChI=1S/C22H26N2O2/c1-15-8-7-9-17(12-15)14-23-20(25)22(3,4)21(26)24-16(2)13-18-10-5-6-11-19(18)24/h5-12,16H,13-14H2,1-4H3,(H,23,25). The fraction of sp³-hybridized carbons (Fsp3) is 0.364. The molecule has 1 heterocycles. The second-order valence-electron chi connectivity index (χ2n) is 7.65. The van der Waals surface area contributed by atoms with Crippen molar-refractivity contribution in [2.45, 2.75) is 46.7 Å². The van der Waals surface area contributed by atoms with Crippen LogP contribution in [0.15, 0.2) is 48.5 Å². The molecule has 136 valence electrons. The third-order valence-corrected chi connectivity index (χ3v) is 5.06. The van der Waals surface area contributed by atoms with E-state index in [2.05, 4.69) is 5.32 Å². The Labute approximate surface area is 155 Å². The second-order valence-corrected chi connectivity index (χ2v) is 7.65. The molecule has 2 aromatic rings. The number of hydrogen-bond donors (Lipinski definition) is 1. The van der Waals surface area contributed by atoms with Crippen molar-refractivity contribution in [2.75, 3.05) is 4.90 Å². The van der Waals surface area contributed by atoms with Crippen molar-refractivity contribution in [3.63, 3.8) is 0 Å². The van der Waals surface area contributed by atoms with E-state index in [9.17, 15) is 9.59 Å². The first-order valence-corrected chi connectivity index (χ1v) is 9.06. The first-order chi connectivity index (χ1) is 12.3. The second kappa shape index (κ2) is 6.94. The quantitative estimate of drug-likeness (QED) is 0.856. The van der Waals surface area contributed by atoms with Crippen molar-refractivity contribution in [3.8, 4) is 0 Å². The molecule has 0 bridgehead atoms. The number of fused-ring (bicyclic) bond motifs is 1. The normalized spacial score (nSPS) is 16.3. The summed E-state index contributed by atoms with van der Waals surface area (Å²) in [5.41, 5.74) is 3.13. The SMILES string of the molecule is Cc1cccc(CNC(=O)C(C)(C)C(=O)N2c3ccccc3CC2C)c1. The highest BCUT2D eigenvalue weighted by atomic mass is 16.2. The fourth-order valence-corrected chi connectivity index (χ4v) is 3.50. The minimum Gasteiger partial charge on any atom is -0.351 e. The molecule has 2 aromatic carbocycles. The number of nitrogens with zero attached hydrogens (tertiary/aromatic N) is 1. The monoisotopic (exact) mass is 350 g/mol. The summed E-state index contributed by atoms with van der Waals surface area (Å²) >= 11 is 0. The Kier molecular flexibility index (Phi) is 4.86. The molecule has 1 unspecified atom stereocenters. The van der Waals surface area contributed by atoms with Crippen LogP contribution in [-0.2, 0) is 22.6 Å². The van der Waals surface area contributed by atoms with E-state index in [0.29, 0.717) is 6.54 Å². The first-order valence-electron chi connectivity index (χ1n) is 9.06. The van der Waals surface area contributed by atoms with Gasteiger partial charge in [-0.05, 0) is 51.3 Å². The lowest BCUT2D eigenvalue weighted by atomic mass is 9.89. The van der Waals surface area contributed by atoms with E-state index in [1.807, 2.05) is 62.4 Å². The predicted octanol–water partition coefficient (Wildman–Crippen LogP) is 3.62. The van der Waals surface area contributed by atoms with Crippen LogP contribution in [0.4, 0.5) is 5.69 Å². The molecular formula is C22H26N2O2. The van der Waals surface area contributed by atoms with Crippen molar-refractivity contribution in [1.82, 2.24) is 5.32 Å². The highest BCUT2D eigenvalue weighted by molar-refractivity contribution is 6.12. The van der Waals surface area contributed by atoms with Gasteiger partial charge in [-0.25, -0.2) is 0 Å². The maximum Gasteiger partial charge on any atom is 0.242 e. The van der Waals surface area contributed by atoms with Gasteiger partial charge in [0, 0.05) is 18.3 Å². The van der Waals surface area contributed by atoms with Gasteiger partial charge < -0.3 is 10.2 Å². The van der Waals surface area contributed by atoms with Crippen LogP contribution in [-0.4, -0.2) is 17.9 Å². The molecule has 0 aromatic heterocycles. The van der Waals surface area contributed by atoms with E-state index in [-0.39, 0.29) is 17.9 Å². The number of benzene rings is 2. The molecule has 0 radical (unpaired) electrons. The molecule has 1 atom stereocenters. The largest absolute Gasteiger partial charge is 0.351 e. The summed E-state index contributed by atoms with van der Waals surface area (Å²) in [7, 11) is 0. The van der Waals surface area contributed by atoms with Crippen LogP contribution in [0.3, 0.4) is 0 Å². The lowest BCUT2D eigenvalue weighted by Gasteiger charge is -2.31. The Hall–Kier alpha value is -2.62. The van der Waals surface area contributed by atoms with Crippen LogP contribution in [0.2, 0.25) is 0 Å². The number of para-hydroxylation sites is 1. The summed E-state index contributed by atoms with van der Waals surface area (Å²) in [6.45, 7) is 7.87. The molecule has 0 saturated heterocycles. The topological polar surface area (TPSA) is 49.4 Å². The third kappa shape index (κ3) is 3.36. The van der Waals surface area contributed by atoms with Crippen LogP contribution in [0, 0.1) is 12.3 Å². The molecule has 26 heavy (non-hydrogen) atoms. The van der Waals surface area contributed by atoms with Crippen molar-refractivity contribution in [3.05, 3.63) is 65.2 Å². The average molecular weight is 350 g/mol. The van der Waals surface area contributed by atoms with Crippen molar-refractivity contribution < 1.29 is 9.59 Å². The summed E-state index contributed by atoms with van der Waals surface area (Å²) in [6.07, 6.45) is 0.822. The number of amides is 2. The zero-order valence-electron chi connectivity index (χ0n) is 15.9. The zero-order valence-corrected chi connectivity index (χ0v) is 15.9. The molecule has 0 saturated carbocycles. The predicted molar refractivity (Wildman–Crippen MR) is 104 cm³/mol. The van der Waals surface area contributed by atoms with E-state index in [1.165, 1.54) is 0 Å². The van der Waals surface area contributed by atoms with Gasteiger partial charge in [0.15, 0.2) is 0 Å². The molecule has 0 aliphatic carbocycles. The van der Waals surface area contributed by atoms with E-state index >= 15 is 0 Å². The number of nitrogens with one attached hydrogen (secondary N) is 1. The maximum atomic E-state index is 13.2. The van der Waals surface area contributed by atoms with Gasteiger partial charge in [-0.1, -0.05) is 48.0 Å². The van der Waals surface area contributed by atoms with E-state index in [0.717, 1.165) is 28.8 Å². The molecule has 0 fully saturated rings. The fourth-order valence-electron chi connectivity index (χ4n) is 3.50. The summed E-state index contributed by atoms with van der Waals surface area (Å²) in [5, 5.41) is 2.92. The van der Waals surface area contributed by atoms with Gasteiger partial charge in [-0.15, -0.1) is 0 Å². The van der Waals surface area contributed by atoms with E-state index in [1.54, 1.807) is 18.7 Å². The zero-order chi connectivity index (χ0) is 18.9. The van der Waals surface area contributed by atoms with Gasteiger partial charge in [0.1, 0.15) is 5.41 Å². The van der Waals surface area contributed by atoms with Crippen molar-refractivity contribution in [2.24, 2.45) is 5.41 Å². The van der Waals surface area contributed by atoms with E-state index < -0.39 is 5.41 Å². The number of aryl methyl sites for hydroxylation is 1. The first kappa shape index (κ1) is 18.2. The Morgan fingerprint density at radius 2 is 1.88 bits per heavy atom. The Bertz CT molecular complexity index is 842. The number of anilines is 1. The Morgan fingerprint density at radius 1 is 1.15 bits per heavy atom. The molecule has 1 aliphatic heterocycles. The Balaban J connectivity index is 1.74. The third-order valence-electron chi connectivity index (χ3n) is 5.06. The minimum atomic E-state index is -1.13. The average Bonchev–Trinajstić information content (AvgIpc) is 2.94. The molecule has 4 nitrogen and oxygen atoms in total. The highest BCUT2D eigenvalue weighted by Crippen LogP contribution is 2.35. The van der Waals surface area contributed by atoms with Crippen LogP contribution < -0.4 is 10.2 Å². The van der Waals surface area contributed by atoms with Gasteiger partial charge in [-0.2, -0.15) is 0 Å². The molecular weight excluding hydrogens is 324 g/mol. The van der Waals surface area contributed by atoms with Crippen LogP contribution >= 0.6 is 0 Å². The van der Waals surface area contributed by atoms with Crippen LogP contribution in [0.5, 0.6) is 0 Å². The smallest absolute Gasteiger partial charge is 0.242 e. The number of rotatable bonds is 4. The van der Waals surface area contributed by atoms with Gasteiger partial charge in [-0.3, -0.25) is 9.59 Å². The van der Waals surface area contributed by atoms with Crippen molar-refractivity contribution in [1.29, 1.82) is 0 Å². The molecule has 1 aliphatic rings. The number of carbonyl (C=O) groups excluding carboxylic acids is 2. The summed E-state index contributed by atoms with van der Waals surface area (Å²) in [6, 6.07) is 16.0. The molecule has 0 spiro atoms. The lowest BCUT2D eigenvalue weighted by molar-refractivity contribution is -0.140. The summed E-state index contributed by atoms with van der Waals surface area (Å²) in [4.78, 5) is 27.8. The van der Waals surface area contributed by atoms with E-state index in [4.69, 9.17) is 0 Å². The Morgan fingerprint density at radius 3 is 2.62 bits per heavy atom. The molecule has 3 rings (SSSR count). The van der Waals surface area contributed by atoms with Gasteiger partial charge >= 0.3 is 0 Å². The maximum absolute atomic E-state index is 13.2. The summed E-state index contributed by atoms with van der Waals surface area (Å²) in [5.74, 6) is -0.405. The summed E-state index contributed by atoms with van der Waals surface area (Å²) < 4.78 is 0. The van der Waals surface area contributed by atoms with Crippen molar-refractivity contribution >= 4 is 17.5 Å². The molecule has 4 heteroatoms. The van der Waals surface area contributed by atoms with Crippen LogP contribution in [0.25, 0.3) is 0 Å². The molecule has 2 amide bonds. The van der Waals surface area contributed by atoms with Crippen LogP contribution in [0.1, 0.15) is 37.5 Å². The number of carbonyl (C=O) groups is 2. The highest BCUT2D eigenvalue weighted by Gasteiger charge is 2.43.